The summed E-state index contributed by atoms with van der Waals surface area (Å²) in [6.45, 7) is 7.15. The third-order valence-corrected chi connectivity index (χ3v) is 2.80. The molecule has 0 saturated heterocycles. The first-order chi connectivity index (χ1) is 6.74. The van der Waals surface area contributed by atoms with Crippen LogP contribution in [-0.4, -0.2) is 33.3 Å². The van der Waals surface area contributed by atoms with E-state index >= 15 is 0 Å². The molecule has 1 heterocycles. The number of aromatic nitrogens is 2. The molecule has 1 aromatic rings. The molecule has 4 nitrogen and oxygen atoms in total. The second kappa shape index (κ2) is 3.98. The van der Waals surface area contributed by atoms with Crippen molar-refractivity contribution in [1.82, 2.24) is 9.55 Å². The van der Waals surface area contributed by atoms with Gasteiger partial charge in [0.15, 0.2) is 0 Å². The number of rotatable bonds is 4. The van der Waals surface area contributed by atoms with E-state index in [0.29, 0.717) is 0 Å². The van der Waals surface area contributed by atoms with E-state index in [1.54, 1.807) is 33.9 Å². The molecule has 1 N–H and O–H groups in total. The number of hydrogen-bond donors (Lipinski definition) is 1. The Morgan fingerprint density at radius 3 is 2.40 bits per heavy atom. The summed E-state index contributed by atoms with van der Waals surface area (Å²) < 4.78 is 7.43. The minimum absolute atomic E-state index is 0.642. The Morgan fingerprint density at radius 2 is 2.00 bits per heavy atom. The third kappa shape index (κ3) is 2.82. The summed E-state index contributed by atoms with van der Waals surface area (Å²) in [5, 5.41) is 9.88. The van der Waals surface area contributed by atoms with Gasteiger partial charge >= 0.3 is 7.48 Å². The zero-order valence-electron chi connectivity index (χ0n) is 9.98. The van der Waals surface area contributed by atoms with Gasteiger partial charge in [-0.05, 0) is 27.7 Å². The minimum atomic E-state index is -0.901. The molecule has 0 amide bonds. The van der Waals surface area contributed by atoms with Gasteiger partial charge in [-0.25, -0.2) is 4.98 Å². The first kappa shape index (κ1) is 12.3. The maximum Gasteiger partial charge on any atom is 0.350 e. The van der Waals surface area contributed by atoms with Gasteiger partial charge in [-0.15, -0.1) is 0 Å². The highest BCUT2D eigenvalue weighted by atomic mass is 16.5. The standard InChI is InChI=1S/C10H18BN2O2/c1-9(2,14)10(3,4)15-11-8-6-12-7-13(8)5/h6-7,14H,1-5H3. The molecule has 15 heavy (non-hydrogen) atoms. The topological polar surface area (TPSA) is 47.3 Å². The van der Waals surface area contributed by atoms with E-state index in [2.05, 4.69) is 4.98 Å². The summed E-state index contributed by atoms with van der Waals surface area (Å²) >= 11 is 0. The summed E-state index contributed by atoms with van der Waals surface area (Å²) in [7, 11) is 3.50. The molecule has 0 unspecified atom stereocenters. The fourth-order valence-corrected chi connectivity index (χ4v) is 0.833. The van der Waals surface area contributed by atoms with Crippen LogP contribution in [0, 0.1) is 0 Å². The fraction of sp³-hybridized carbons (Fsp3) is 0.700. The first-order valence-corrected chi connectivity index (χ1v) is 4.94. The van der Waals surface area contributed by atoms with Crippen LogP contribution in [0.25, 0.3) is 0 Å². The molecule has 0 atom stereocenters. The van der Waals surface area contributed by atoms with Crippen LogP contribution in [0.3, 0.4) is 0 Å². The molecule has 0 saturated carbocycles. The number of hydrogen-bond acceptors (Lipinski definition) is 3. The molecule has 1 aromatic heterocycles. The van der Waals surface area contributed by atoms with Crippen molar-refractivity contribution in [2.45, 2.75) is 38.9 Å². The molecular formula is C10H18BN2O2. The van der Waals surface area contributed by atoms with Gasteiger partial charge in [0.2, 0.25) is 0 Å². The molecule has 0 fully saturated rings. The van der Waals surface area contributed by atoms with Crippen LogP contribution in [0.2, 0.25) is 0 Å². The smallest absolute Gasteiger partial charge is 0.350 e. The number of imidazole rings is 1. The van der Waals surface area contributed by atoms with Gasteiger partial charge in [0.1, 0.15) is 0 Å². The maximum absolute atomic E-state index is 9.88. The zero-order chi connectivity index (χ0) is 11.7. The molecule has 0 spiro atoms. The molecule has 0 aromatic carbocycles. The lowest BCUT2D eigenvalue weighted by atomic mass is 9.85. The molecule has 0 bridgehead atoms. The largest absolute Gasteiger partial charge is 0.425 e. The van der Waals surface area contributed by atoms with Gasteiger partial charge in [0, 0.05) is 18.8 Å². The summed E-state index contributed by atoms with van der Waals surface area (Å²) in [6.07, 6.45) is 3.41. The average molecular weight is 209 g/mol. The quantitative estimate of drug-likeness (QED) is 0.722. The maximum atomic E-state index is 9.88. The lowest BCUT2D eigenvalue weighted by molar-refractivity contribution is -0.0894. The highest BCUT2D eigenvalue weighted by molar-refractivity contribution is 6.45. The van der Waals surface area contributed by atoms with Gasteiger partial charge < -0.3 is 14.3 Å². The van der Waals surface area contributed by atoms with E-state index in [-0.39, 0.29) is 0 Å². The predicted molar refractivity (Wildman–Crippen MR) is 60.1 cm³/mol. The SMILES string of the molecule is Cn1cncc1[B]OC(C)(C)C(C)(C)O. The second-order valence-electron chi connectivity index (χ2n) is 4.73. The highest BCUT2D eigenvalue weighted by Crippen LogP contribution is 2.24. The van der Waals surface area contributed by atoms with Crippen molar-refractivity contribution in [3.05, 3.63) is 12.5 Å². The van der Waals surface area contributed by atoms with Gasteiger partial charge in [-0.2, -0.15) is 0 Å². The molecule has 0 aliphatic carbocycles. The van der Waals surface area contributed by atoms with E-state index in [9.17, 15) is 5.11 Å². The summed E-state index contributed by atoms with van der Waals surface area (Å²) in [5.41, 5.74) is -0.674. The van der Waals surface area contributed by atoms with Crippen LogP contribution < -0.4 is 5.59 Å². The normalized spacial score (nSPS) is 12.9. The Balaban J connectivity index is 2.61. The number of aryl methyl sites for hydroxylation is 1. The van der Waals surface area contributed by atoms with Crippen molar-refractivity contribution in [3.63, 3.8) is 0 Å². The van der Waals surface area contributed by atoms with Crippen LogP contribution in [-0.2, 0) is 11.7 Å². The lowest BCUT2D eigenvalue weighted by Gasteiger charge is -2.37. The van der Waals surface area contributed by atoms with Crippen LogP contribution in [0.1, 0.15) is 27.7 Å². The van der Waals surface area contributed by atoms with E-state index in [1.165, 1.54) is 0 Å². The van der Waals surface area contributed by atoms with Crippen molar-refractivity contribution in [1.29, 1.82) is 0 Å². The van der Waals surface area contributed by atoms with Crippen molar-refractivity contribution < 1.29 is 9.76 Å². The van der Waals surface area contributed by atoms with Crippen LogP contribution in [0.5, 0.6) is 0 Å². The Labute approximate surface area is 91.6 Å². The average Bonchev–Trinajstić information content (AvgIpc) is 2.46. The van der Waals surface area contributed by atoms with E-state index in [4.69, 9.17) is 4.65 Å². The molecule has 1 rings (SSSR count). The van der Waals surface area contributed by atoms with Gasteiger partial charge in [-0.1, -0.05) is 0 Å². The number of aliphatic hydroxyl groups is 1. The summed E-state index contributed by atoms with van der Waals surface area (Å²) in [5.74, 6) is 0. The monoisotopic (exact) mass is 209 g/mol. The second-order valence-corrected chi connectivity index (χ2v) is 4.73. The van der Waals surface area contributed by atoms with Crippen molar-refractivity contribution >= 4 is 13.1 Å². The first-order valence-electron chi connectivity index (χ1n) is 4.94. The summed E-state index contributed by atoms with van der Waals surface area (Å²) in [6, 6.07) is 0. The van der Waals surface area contributed by atoms with Gasteiger partial charge in [-0.3, -0.25) is 0 Å². The number of nitrogens with zero attached hydrogens (tertiary/aromatic N) is 2. The van der Waals surface area contributed by atoms with Gasteiger partial charge in [0.25, 0.3) is 0 Å². The molecule has 0 aliphatic heterocycles. The van der Waals surface area contributed by atoms with E-state index in [0.717, 1.165) is 5.59 Å². The molecule has 1 radical (unpaired) electrons. The van der Waals surface area contributed by atoms with E-state index < -0.39 is 11.2 Å². The Bertz CT molecular complexity index is 328. The third-order valence-electron chi connectivity index (χ3n) is 2.80. The molecular weight excluding hydrogens is 191 g/mol. The lowest BCUT2D eigenvalue weighted by Crippen LogP contribution is -2.49. The van der Waals surface area contributed by atoms with Crippen molar-refractivity contribution in [2.75, 3.05) is 0 Å². The van der Waals surface area contributed by atoms with E-state index in [1.807, 2.05) is 25.5 Å². The fourth-order valence-electron chi connectivity index (χ4n) is 0.833. The zero-order valence-corrected chi connectivity index (χ0v) is 9.98. The van der Waals surface area contributed by atoms with Crippen molar-refractivity contribution in [2.24, 2.45) is 7.05 Å². The van der Waals surface area contributed by atoms with Crippen LogP contribution >= 0.6 is 0 Å². The molecule has 83 valence electrons. The Hall–Kier alpha value is -0.805. The highest BCUT2D eigenvalue weighted by Gasteiger charge is 2.35. The molecule has 5 heteroatoms. The Morgan fingerprint density at radius 1 is 1.40 bits per heavy atom. The van der Waals surface area contributed by atoms with Crippen LogP contribution in [0.15, 0.2) is 12.5 Å². The predicted octanol–water partition coefficient (Wildman–Crippen LogP) is 0.231. The Kier molecular flexibility index (Phi) is 3.26. The van der Waals surface area contributed by atoms with Crippen LogP contribution in [0.4, 0.5) is 0 Å². The minimum Gasteiger partial charge on any atom is -0.425 e. The molecule has 0 aliphatic rings. The van der Waals surface area contributed by atoms with Gasteiger partial charge in [0.05, 0.1) is 17.5 Å². The summed E-state index contributed by atoms with van der Waals surface area (Å²) in [4.78, 5) is 3.97. The van der Waals surface area contributed by atoms with Crippen molar-refractivity contribution in [3.8, 4) is 0 Å².